The number of likely N-dealkylation sites (N-methyl/N-ethyl adjacent to an activating group) is 1. The molecule has 0 radical (unpaired) electrons. The van der Waals surface area contributed by atoms with Crippen LogP contribution in [0.1, 0.15) is 18.4 Å². The van der Waals surface area contributed by atoms with Gasteiger partial charge in [-0.05, 0) is 37.6 Å². The molecule has 1 aromatic rings. The number of hydrogen-bond donors (Lipinski definition) is 1. The van der Waals surface area contributed by atoms with Gasteiger partial charge in [0.2, 0.25) is 5.91 Å². The quantitative estimate of drug-likeness (QED) is 0.899. The molecule has 2 saturated heterocycles. The van der Waals surface area contributed by atoms with Crippen LogP contribution < -0.4 is 0 Å². The molecule has 1 aromatic carbocycles. The largest absolute Gasteiger partial charge is 0.390 e. The monoisotopic (exact) mass is 336 g/mol. The molecule has 2 heterocycles. The summed E-state index contributed by atoms with van der Waals surface area (Å²) in [4.78, 5) is 16.4. The first-order chi connectivity index (χ1) is 11.5. The third kappa shape index (κ3) is 3.94. The molecule has 132 valence electrons. The maximum Gasteiger partial charge on any atom is 0.226 e. The lowest BCUT2D eigenvalue weighted by molar-refractivity contribution is -0.137. The summed E-state index contributed by atoms with van der Waals surface area (Å²) in [6, 6.07) is 6.28. The second kappa shape index (κ2) is 7.59. The van der Waals surface area contributed by atoms with Crippen LogP contribution in [0.4, 0.5) is 4.39 Å². The summed E-state index contributed by atoms with van der Waals surface area (Å²) in [6.45, 7) is 2.81. The van der Waals surface area contributed by atoms with Crippen LogP contribution in [0.25, 0.3) is 0 Å². The Bertz CT molecular complexity index is 560. The van der Waals surface area contributed by atoms with Gasteiger partial charge in [0.1, 0.15) is 5.82 Å². The van der Waals surface area contributed by atoms with Crippen molar-refractivity contribution in [1.29, 1.82) is 0 Å². The minimum Gasteiger partial charge on any atom is -0.390 e. The fourth-order valence-electron chi connectivity index (χ4n) is 3.58. The molecular weight excluding hydrogens is 311 g/mol. The molecule has 0 unspecified atom stereocenters. The number of aliphatic hydroxyl groups excluding tert-OH is 1. The van der Waals surface area contributed by atoms with Crippen molar-refractivity contribution in [2.24, 2.45) is 5.92 Å². The first kappa shape index (κ1) is 17.3. The molecule has 1 amide bonds. The van der Waals surface area contributed by atoms with E-state index in [1.807, 2.05) is 11.9 Å². The van der Waals surface area contributed by atoms with Gasteiger partial charge in [-0.2, -0.15) is 0 Å². The number of β-amino-alcohol motifs (C(OH)–C–C–N with tert-alkyl or cyclic N) is 1. The number of carbonyl (C=O) groups excluding carboxylic acids is 1. The SMILES string of the molecule is CN(Cc1ccc(F)cc1)[C@@H]1CN(C(=O)C2CCOCC2)C[C@H]1O. The molecule has 0 bridgehead atoms. The number of hydrogen-bond acceptors (Lipinski definition) is 4. The van der Waals surface area contributed by atoms with E-state index in [4.69, 9.17) is 4.74 Å². The lowest BCUT2D eigenvalue weighted by atomic mass is 9.99. The van der Waals surface area contributed by atoms with E-state index in [1.165, 1.54) is 12.1 Å². The standard InChI is InChI=1S/C18H25FN2O3/c1-20(10-13-2-4-15(19)5-3-13)16-11-21(12-17(16)22)18(23)14-6-8-24-9-7-14/h2-5,14,16-17,22H,6-12H2,1H3/t16-,17-/m1/s1. The molecular formula is C18H25FN2O3. The Labute approximate surface area is 142 Å². The summed E-state index contributed by atoms with van der Waals surface area (Å²) in [5.41, 5.74) is 0.986. The highest BCUT2D eigenvalue weighted by atomic mass is 19.1. The van der Waals surface area contributed by atoms with E-state index in [2.05, 4.69) is 0 Å². The Morgan fingerprint density at radius 2 is 1.96 bits per heavy atom. The Morgan fingerprint density at radius 1 is 1.29 bits per heavy atom. The van der Waals surface area contributed by atoms with Crippen molar-refractivity contribution in [3.8, 4) is 0 Å². The average Bonchev–Trinajstić information content (AvgIpc) is 2.99. The molecule has 6 heteroatoms. The molecule has 1 N–H and O–H groups in total. The van der Waals surface area contributed by atoms with Crippen molar-refractivity contribution >= 4 is 5.91 Å². The second-order valence-corrected chi connectivity index (χ2v) is 6.81. The van der Waals surface area contributed by atoms with Gasteiger partial charge in [0.15, 0.2) is 0 Å². The zero-order chi connectivity index (χ0) is 17.1. The van der Waals surface area contributed by atoms with Gasteiger partial charge in [-0.3, -0.25) is 9.69 Å². The van der Waals surface area contributed by atoms with Crippen LogP contribution in [-0.2, 0) is 16.1 Å². The zero-order valence-electron chi connectivity index (χ0n) is 14.0. The normalized spacial score (nSPS) is 25.4. The van der Waals surface area contributed by atoms with E-state index in [0.717, 1.165) is 18.4 Å². The highest BCUT2D eigenvalue weighted by Crippen LogP contribution is 2.23. The van der Waals surface area contributed by atoms with Gasteiger partial charge < -0.3 is 14.7 Å². The number of halogens is 1. The van der Waals surface area contributed by atoms with E-state index in [0.29, 0.717) is 32.8 Å². The van der Waals surface area contributed by atoms with E-state index in [1.54, 1.807) is 17.0 Å². The summed E-state index contributed by atoms with van der Waals surface area (Å²) in [7, 11) is 1.93. The number of aliphatic hydroxyl groups is 1. The molecule has 2 aliphatic rings. The highest BCUT2D eigenvalue weighted by Gasteiger charge is 2.38. The molecule has 2 atom stereocenters. The number of ether oxygens (including phenoxy) is 1. The number of rotatable bonds is 4. The first-order valence-corrected chi connectivity index (χ1v) is 8.54. The minimum absolute atomic E-state index is 0.0205. The predicted molar refractivity (Wildman–Crippen MR) is 87.8 cm³/mol. The molecule has 0 aliphatic carbocycles. The molecule has 3 rings (SSSR count). The van der Waals surface area contributed by atoms with Gasteiger partial charge in [-0.15, -0.1) is 0 Å². The lowest BCUT2D eigenvalue weighted by Gasteiger charge is -2.28. The molecule has 0 saturated carbocycles. The van der Waals surface area contributed by atoms with Crippen molar-refractivity contribution in [1.82, 2.24) is 9.80 Å². The third-order valence-electron chi connectivity index (χ3n) is 5.05. The van der Waals surface area contributed by atoms with Crippen LogP contribution in [0, 0.1) is 11.7 Å². The lowest BCUT2D eigenvalue weighted by Crippen LogP contribution is -2.41. The van der Waals surface area contributed by atoms with Crippen LogP contribution >= 0.6 is 0 Å². The van der Waals surface area contributed by atoms with Crippen molar-refractivity contribution in [3.63, 3.8) is 0 Å². The minimum atomic E-state index is -0.556. The maximum absolute atomic E-state index is 13.0. The van der Waals surface area contributed by atoms with Gasteiger partial charge in [0.25, 0.3) is 0 Å². The Kier molecular flexibility index (Phi) is 5.48. The van der Waals surface area contributed by atoms with Gasteiger partial charge in [-0.25, -0.2) is 4.39 Å². The zero-order valence-corrected chi connectivity index (χ0v) is 14.0. The first-order valence-electron chi connectivity index (χ1n) is 8.54. The molecule has 5 nitrogen and oxygen atoms in total. The number of benzene rings is 1. The van der Waals surface area contributed by atoms with Gasteiger partial charge in [-0.1, -0.05) is 12.1 Å². The Hall–Kier alpha value is -1.50. The molecule has 0 spiro atoms. The van der Waals surface area contributed by atoms with E-state index in [-0.39, 0.29) is 23.7 Å². The third-order valence-corrected chi connectivity index (χ3v) is 5.05. The van der Waals surface area contributed by atoms with Crippen LogP contribution in [0.3, 0.4) is 0 Å². The van der Waals surface area contributed by atoms with Crippen LogP contribution in [0.5, 0.6) is 0 Å². The molecule has 0 aromatic heterocycles. The molecule has 2 aliphatic heterocycles. The fourth-order valence-corrected chi connectivity index (χ4v) is 3.58. The Morgan fingerprint density at radius 3 is 2.62 bits per heavy atom. The number of likely N-dealkylation sites (tertiary alicyclic amines) is 1. The summed E-state index contributed by atoms with van der Waals surface area (Å²) in [6.07, 6.45) is 0.975. The van der Waals surface area contributed by atoms with Crippen molar-refractivity contribution in [2.75, 3.05) is 33.4 Å². The van der Waals surface area contributed by atoms with Crippen LogP contribution in [0.15, 0.2) is 24.3 Å². The number of carbonyl (C=O) groups is 1. The summed E-state index contributed by atoms with van der Waals surface area (Å²) in [5, 5.41) is 10.4. The van der Waals surface area contributed by atoms with E-state index >= 15 is 0 Å². The second-order valence-electron chi connectivity index (χ2n) is 6.81. The smallest absolute Gasteiger partial charge is 0.226 e. The van der Waals surface area contributed by atoms with Gasteiger partial charge in [0, 0.05) is 38.8 Å². The van der Waals surface area contributed by atoms with Crippen LogP contribution in [-0.4, -0.2) is 66.3 Å². The summed E-state index contributed by atoms with van der Waals surface area (Å²) in [5.74, 6) is -0.0994. The fraction of sp³-hybridized carbons (Fsp3) is 0.611. The van der Waals surface area contributed by atoms with Gasteiger partial charge >= 0.3 is 0 Å². The average molecular weight is 336 g/mol. The van der Waals surface area contributed by atoms with E-state index in [9.17, 15) is 14.3 Å². The highest BCUT2D eigenvalue weighted by molar-refractivity contribution is 5.79. The summed E-state index contributed by atoms with van der Waals surface area (Å²) < 4.78 is 18.3. The van der Waals surface area contributed by atoms with Crippen molar-refractivity contribution < 1.29 is 19.0 Å². The topological polar surface area (TPSA) is 53.0 Å². The van der Waals surface area contributed by atoms with Crippen molar-refractivity contribution in [3.05, 3.63) is 35.6 Å². The Balaban J connectivity index is 1.58. The van der Waals surface area contributed by atoms with E-state index < -0.39 is 6.10 Å². The van der Waals surface area contributed by atoms with Crippen LogP contribution in [0.2, 0.25) is 0 Å². The summed E-state index contributed by atoms with van der Waals surface area (Å²) >= 11 is 0. The molecule has 24 heavy (non-hydrogen) atoms. The number of nitrogens with zero attached hydrogens (tertiary/aromatic N) is 2. The molecule has 2 fully saturated rings. The van der Waals surface area contributed by atoms with Gasteiger partial charge in [0.05, 0.1) is 12.1 Å². The maximum atomic E-state index is 13.0. The predicted octanol–water partition coefficient (Wildman–Crippen LogP) is 1.26. The van der Waals surface area contributed by atoms with Crippen molar-refractivity contribution in [2.45, 2.75) is 31.5 Å². The number of amides is 1.